The van der Waals surface area contributed by atoms with Gasteiger partial charge in [-0.1, -0.05) is 48.5 Å². The molecular weight excluding hydrogens is 413 g/mol. The third-order valence-corrected chi connectivity index (χ3v) is 5.24. The maximum absolute atomic E-state index is 12.9. The maximum atomic E-state index is 12.9. The van der Waals surface area contributed by atoms with Gasteiger partial charge in [0.15, 0.2) is 0 Å². The van der Waals surface area contributed by atoms with Gasteiger partial charge in [-0.15, -0.1) is 11.3 Å². The quantitative estimate of drug-likeness (QED) is 0.581. The molecule has 2 amide bonds. The molecule has 1 atom stereocenters. The number of thiophene rings is 1. The minimum absolute atomic E-state index is 0.0804. The van der Waals surface area contributed by atoms with E-state index < -0.39 is 23.7 Å². The Morgan fingerprint density at radius 2 is 1.67 bits per heavy atom. The van der Waals surface area contributed by atoms with Crippen LogP contribution in [0.15, 0.2) is 72.1 Å². The summed E-state index contributed by atoms with van der Waals surface area (Å²) in [7, 11) is 0. The Labute approximate surface area is 175 Å². The van der Waals surface area contributed by atoms with E-state index in [4.69, 9.17) is 0 Å². The summed E-state index contributed by atoms with van der Waals surface area (Å²) in [6.45, 7) is -0.0804. The van der Waals surface area contributed by atoms with E-state index in [0.29, 0.717) is 10.4 Å². The van der Waals surface area contributed by atoms with E-state index in [2.05, 4.69) is 10.6 Å². The zero-order valence-corrected chi connectivity index (χ0v) is 16.6. The van der Waals surface area contributed by atoms with Crippen molar-refractivity contribution < 1.29 is 22.8 Å². The van der Waals surface area contributed by atoms with Gasteiger partial charge in [-0.05, 0) is 34.7 Å². The van der Waals surface area contributed by atoms with Gasteiger partial charge in [-0.25, -0.2) is 0 Å². The number of nitrogens with one attached hydrogen (secondary N) is 2. The molecule has 0 spiro atoms. The average molecular weight is 432 g/mol. The number of halogens is 3. The van der Waals surface area contributed by atoms with E-state index in [-0.39, 0.29) is 18.9 Å². The van der Waals surface area contributed by atoms with Crippen LogP contribution in [0.4, 0.5) is 13.2 Å². The Kier molecular flexibility index (Phi) is 6.89. The van der Waals surface area contributed by atoms with Gasteiger partial charge in [0.25, 0.3) is 5.91 Å². The van der Waals surface area contributed by atoms with Crippen LogP contribution in [0.3, 0.4) is 0 Å². The second-order valence-electron chi connectivity index (χ2n) is 6.61. The number of rotatable bonds is 7. The molecule has 0 fully saturated rings. The first kappa shape index (κ1) is 21.6. The van der Waals surface area contributed by atoms with Crippen LogP contribution in [0.1, 0.15) is 26.4 Å². The second kappa shape index (κ2) is 9.58. The van der Waals surface area contributed by atoms with Crippen molar-refractivity contribution in [3.05, 3.63) is 93.7 Å². The summed E-state index contributed by atoms with van der Waals surface area (Å²) < 4.78 is 38.6. The Morgan fingerprint density at radius 3 is 2.33 bits per heavy atom. The monoisotopic (exact) mass is 432 g/mol. The summed E-state index contributed by atoms with van der Waals surface area (Å²) in [5, 5.41) is 7.11. The maximum Gasteiger partial charge on any atom is 0.416 e. The predicted molar refractivity (Wildman–Crippen MR) is 109 cm³/mol. The molecule has 4 nitrogen and oxygen atoms in total. The molecule has 3 aromatic rings. The fraction of sp³-hybridized carbons (Fsp3) is 0.182. The SMILES string of the molecule is O=C(NC(Cc1ccccc1)C(=O)NCc1cccc(C(F)(F)F)c1)c1cccs1. The Hall–Kier alpha value is -3.13. The van der Waals surface area contributed by atoms with E-state index in [0.717, 1.165) is 17.7 Å². The van der Waals surface area contributed by atoms with Gasteiger partial charge < -0.3 is 10.6 Å². The second-order valence-corrected chi connectivity index (χ2v) is 7.56. The first-order chi connectivity index (χ1) is 14.3. The van der Waals surface area contributed by atoms with Gasteiger partial charge in [0.1, 0.15) is 6.04 Å². The van der Waals surface area contributed by atoms with E-state index in [1.807, 2.05) is 30.3 Å². The number of amides is 2. The first-order valence-corrected chi connectivity index (χ1v) is 10.0. The molecule has 30 heavy (non-hydrogen) atoms. The summed E-state index contributed by atoms with van der Waals surface area (Å²) in [4.78, 5) is 25.7. The molecule has 1 unspecified atom stereocenters. The zero-order valence-electron chi connectivity index (χ0n) is 15.8. The number of hydrogen-bond acceptors (Lipinski definition) is 3. The smallest absolute Gasteiger partial charge is 0.350 e. The molecule has 0 saturated heterocycles. The molecule has 156 valence electrons. The minimum Gasteiger partial charge on any atom is -0.350 e. The molecular formula is C22H19F3N2O2S. The molecule has 0 aliphatic heterocycles. The van der Waals surface area contributed by atoms with E-state index in [1.54, 1.807) is 17.5 Å². The van der Waals surface area contributed by atoms with Crippen LogP contribution in [-0.2, 0) is 23.9 Å². The third-order valence-electron chi connectivity index (χ3n) is 4.37. The van der Waals surface area contributed by atoms with Crippen LogP contribution < -0.4 is 10.6 Å². The van der Waals surface area contributed by atoms with Crippen molar-refractivity contribution in [2.75, 3.05) is 0 Å². The summed E-state index contributed by atoms with van der Waals surface area (Å²) in [5.41, 5.74) is 0.394. The van der Waals surface area contributed by atoms with Gasteiger partial charge in [0, 0.05) is 13.0 Å². The summed E-state index contributed by atoms with van der Waals surface area (Å²) >= 11 is 1.25. The molecule has 0 aliphatic rings. The van der Waals surface area contributed by atoms with Gasteiger partial charge in [0.2, 0.25) is 5.91 Å². The fourth-order valence-electron chi connectivity index (χ4n) is 2.87. The number of carbonyl (C=O) groups excluding carboxylic acids is 2. The highest BCUT2D eigenvalue weighted by Gasteiger charge is 2.30. The molecule has 0 aliphatic carbocycles. The summed E-state index contributed by atoms with van der Waals surface area (Å²) in [6, 6.07) is 16.5. The van der Waals surface area contributed by atoms with Crippen molar-refractivity contribution >= 4 is 23.2 Å². The fourth-order valence-corrected chi connectivity index (χ4v) is 3.49. The van der Waals surface area contributed by atoms with Crippen molar-refractivity contribution in [2.45, 2.75) is 25.2 Å². The lowest BCUT2D eigenvalue weighted by Gasteiger charge is -2.19. The predicted octanol–water partition coefficient (Wildman–Crippen LogP) is 4.42. The number of hydrogen-bond donors (Lipinski definition) is 2. The Balaban J connectivity index is 1.70. The highest BCUT2D eigenvalue weighted by atomic mass is 32.1. The highest BCUT2D eigenvalue weighted by molar-refractivity contribution is 7.12. The molecule has 0 saturated carbocycles. The van der Waals surface area contributed by atoms with Crippen LogP contribution in [-0.4, -0.2) is 17.9 Å². The van der Waals surface area contributed by atoms with Crippen LogP contribution >= 0.6 is 11.3 Å². The lowest BCUT2D eigenvalue weighted by atomic mass is 10.0. The molecule has 0 radical (unpaired) electrons. The molecule has 2 aromatic carbocycles. The largest absolute Gasteiger partial charge is 0.416 e. The average Bonchev–Trinajstić information content (AvgIpc) is 3.27. The number of alkyl halides is 3. The van der Waals surface area contributed by atoms with Crippen molar-refractivity contribution in [1.82, 2.24) is 10.6 Å². The summed E-state index contributed by atoms with van der Waals surface area (Å²) in [5.74, 6) is -0.846. The zero-order chi connectivity index (χ0) is 21.6. The molecule has 3 rings (SSSR count). The van der Waals surface area contributed by atoms with E-state index in [9.17, 15) is 22.8 Å². The van der Waals surface area contributed by atoms with Crippen LogP contribution in [0.5, 0.6) is 0 Å². The number of carbonyl (C=O) groups is 2. The lowest BCUT2D eigenvalue weighted by Crippen LogP contribution is -2.47. The number of benzene rings is 2. The minimum atomic E-state index is -4.45. The third kappa shape index (κ3) is 5.93. The van der Waals surface area contributed by atoms with Gasteiger partial charge in [-0.3, -0.25) is 9.59 Å². The normalized spacial score (nSPS) is 12.2. The van der Waals surface area contributed by atoms with E-state index in [1.165, 1.54) is 23.5 Å². The highest BCUT2D eigenvalue weighted by Crippen LogP contribution is 2.29. The lowest BCUT2D eigenvalue weighted by molar-refractivity contribution is -0.137. The van der Waals surface area contributed by atoms with Crippen molar-refractivity contribution in [3.63, 3.8) is 0 Å². The molecule has 1 heterocycles. The van der Waals surface area contributed by atoms with Crippen LogP contribution in [0.2, 0.25) is 0 Å². The summed E-state index contributed by atoms with van der Waals surface area (Å²) in [6.07, 6.45) is -4.20. The molecule has 8 heteroatoms. The standard InChI is InChI=1S/C22H19F3N2O2S/c23-22(24,25)17-9-4-8-16(12-17)14-26-20(28)18(13-15-6-2-1-3-7-15)27-21(29)19-10-5-11-30-19/h1-12,18H,13-14H2,(H,26,28)(H,27,29). The molecule has 0 bridgehead atoms. The van der Waals surface area contributed by atoms with Gasteiger partial charge in [-0.2, -0.15) is 13.2 Å². The van der Waals surface area contributed by atoms with E-state index >= 15 is 0 Å². The van der Waals surface area contributed by atoms with Crippen LogP contribution in [0.25, 0.3) is 0 Å². The van der Waals surface area contributed by atoms with Crippen molar-refractivity contribution in [1.29, 1.82) is 0 Å². The van der Waals surface area contributed by atoms with Crippen molar-refractivity contribution in [3.8, 4) is 0 Å². The molecule has 2 N–H and O–H groups in total. The topological polar surface area (TPSA) is 58.2 Å². The Morgan fingerprint density at radius 1 is 0.933 bits per heavy atom. The Bertz CT molecular complexity index is 989. The van der Waals surface area contributed by atoms with Gasteiger partial charge in [0.05, 0.1) is 10.4 Å². The molecule has 1 aromatic heterocycles. The van der Waals surface area contributed by atoms with Crippen molar-refractivity contribution in [2.24, 2.45) is 0 Å². The van der Waals surface area contributed by atoms with Gasteiger partial charge >= 0.3 is 6.18 Å². The first-order valence-electron chi connectivity index (χ1n) is 9.15. The van der Waals surface area contributed by atoms with Crippen LogP contribution in [0, 0.1) is 0 Å².